The van der Waals surface area contributed by atoms with Crippen LogP contribution in [0, 0.1) is 6.92 Å². The molecule has 0 radical (unpaired) electrons. The highest BCUT2D eigenvalue weighted by molar-refractivity contribution is 9.10. The van der Waals surface area contributed by atoms with Crippen molar-refractivity contribution in [2.45, 2.75) is 51.2 Å². The zero-order valence-electron chi connectivity index (χ0n) is 13.2. The minimum atomic E-state index is 0.294. The third kappa shape index (κ3) is 4.44. The molecule has 1 fully saturated rings. The number of ether oxygens (including phenoxy) is 2. The molecule has 1 N–H and O–H groups in total. The van der Waals surface area contributed by atoms with Crippen LogP contribution in [0.3, 0.4) is 0 Å². The summed E-state index contributed by atoms with van der Waals surface area (Å²) < 4.78 is 12.5. The lowest BCUT2D eigenvalue weighted by Gasteiger charge is -2.26. The molecular weight excluding hydrogens is 330 g/mol. The van der Waals surface area contributed by atoms with Crippen molar-refractivity contribution in [1.29, 1.82) is 0 Å². The maximum absolute atomic E-state index is 5.84. The van der Waals surface area contributed by atoms with Gasteiger partial charge in [-0.15, -0.1) is 0 Å². The smallest absolute Gasteiger partial charge is 0.123 e. The van der Waals surface area contributed by atoms with Crippen molar-refractivity contribution in [2.75, 3.05) is 20.8 Å². The van der Waals surface area contributed by atoms with Gasteiger partial charge in [0.05, 0.1) is 13.2 Å². The van der Waals surface area contributed by atoms with Crippen LogP contribution in [0.25, 0.3) is 0 Å². The molecule has 0 bridgehead atoms. The molecule has 1 aliphatic heterocycles. The van der Waals surface area contributed by atoms with Gasteiger partial charge in [-0.05, 0) is 63.8 Å². The fourth-order valence-electron chi connectivity index (χ4n) is 2.96. The largest absolute Gasteiger partial charge is 0.496 e. The Bertz CT molecular complexity index is 458. The Morgan fingerprint density at radius 2 is 2.24 bits per heavy atom. The van der Waals surface area contributed by atoms with Gasteiger partial charge < -0.3 is 14.8 Å². The zero-order chi connectivity index (χ0) is 15.2. The fourth-order valence-corrected chi connectivity index (χ4v) is 3.32. The van der Waals surface area contributed by atoms with Gasteiger partial charge in [0.25, 0.3) is 0 Å². The summed E-state index contributed by atoms with van der Waals surface area (Å²) in [4.78, 5) is 0. The highest BCUT2D eigenvalue weighted by Crippen LogP contribution is 2.34. The number of nitrogens with one attached hydrogen (secondary N) is 1. The monoisotopic (exact) mass is 355 g/mol. The molecule has 1 aliphatic rings. The first-order chi connectivity index (χ1) is 10.2. The molecule has 4 heteroatoms. The van der Waals surface area contributed by atoms with Crippen molar-refractivity contribution < 1.29 is 9.47 Å². The quantitative estimate of drug-likeness (QED) is 0.821. The van der Waals surface area contributed by atoms with E-state index in [1.165, 1.54) is 30.4 Å². The Labute approximate surface area is 136 Å². The predicted octanol–water partition coefficient (Wildman–Crippen LogP) is 4.38. The molecule has 2 unspecified atom stereocenters. The second-order valence-corrected chi connectivity index (χ2v) is 6.60. The minimum absolute atomic E-state index is 0.294. The van der Waals surface area contributed by atoms with Gasteiger partial charge in [0.1, 0.15) is 5.75 Å². The van der Waals surface area contributed by atoms with Crippen molar-refractivity contribution in [1.82, 2.24) is 5.32 Å². The summed E-state index contributed by atoms with van der Waals surface area (Å²) in [6, 6.07) is 4.57. The lowest BCUT2D eigenvalue weighted by atomic mass is 9.96. The topological polar surface area (TPSA) is 30.5 Å². The normalized spacial score (nSPS) is 20.3. The first kappa shape index (κ1) is 16.8. The lowest BCUT2D eigenvalue weighted by Crippen LogP contribution is -2.23. The summed E-state index contributed by atoms with van der Waals surface area (Å²) >= 11 is 3.63. The Morgan fingerprint density at radius 1 is 1.43 bits per heavy atom. The minimum Gasteiger partial charge on any atom is -0.496 e. The second-order valence-electron chi connectivity index (χ2n) is 5.75. The van der Waals surface area contributed by atoms with Gasteiger partial charge in [-0.25, -0.2) is 0 Å². The van der Waals surface area contributed by atoms with Crippen molar-refractivity contribution in [3.63, 3.8) is 0 Å². The van der Waals surface area contributed by atoms with Crippen LogP contribution in [0.5, 0.6) is 5.75 Å². The average Bonchev–Trinajstić information content (AvgIpc) is 2.52. The van der Waals surface area contributed by atoms with Crippen LogP contribution in [0.4, 0.5) is 0 Å². The van der Waals surface area contributed by atoms with Crippen LogP contribution in [0.2, 0.25) is 0 Å². The molecular formula is C17H26BrNO2. The van der Waals surface area contributed by atoms with Gasteiger partial charge in [0.2, 0.25) is 0 Å². The molecule has 1 saturated heterocycles. The second kappa shape index (κ2) is 8.16. The van der Waals surface area contributed by atoms with Crippen LogP contribution in [0.1, 0.15) is 49.3 Å². The third-order valence-corrected chi connectivity index (χ3v) is 5.14. The van der Waals surface area contributed by atoms with E-state index < -0.39 is 0 Å². The van der Waals surface area contributed by atoms with Gasteiger partial charge in [-0.1, -0.05) is 15.9 Å². The number of halogens is 1. The Balaban J connectivity index is 2.07. The number of aryl methyl sites for hydroxylation is 1. The number of hydrogen-bond acceptors (Lipinski definition) is 3. The molecule has 1 heterocycles. The zero-order valence-corrected chi connectivity index (χ0v) is 14.8. The van der Waals surface area contributed by atoms with Crippen molar-refractivity contribution in [2.24, 2.45) is 0 Å². The lowest BCUT2D eigenvalue weighted by molar-refractivity contribution is 0.00862. The summed E-state index contributed by atoms with van der Waals surface area (Å²) in [6.07, 6.45) is 6.30. The van der Waals surface area contributed by atoms with E-state index in [4.69, 9.17) is 9.47 Å². The molecule has 0 aliphatic carbocycles. The SMILES string of the molecule is CNC(CCC1CCCCO1)c1cc(Br)c(C)cc1OC. The Morgan fingerprint density at radius 3 is 2.86 bits per heavy atom. The summed E-state index contributed by atoms with van der Waals surface area (Å²) in [5, 5.41) is 3.42. The summed E-state index contributed by atoms with van der Waals surface area (Å²) in [5.41, 5.74) is 2.41. The van der Waals surface area contributed by atoms with E-state index in [1.807, 2.05) is 7.05 Å². The number of methoxy groups -OCH3 is 1. The van der Waals surface area contributed by atoms with E-state index in [9.17, 15) is 0 Å². The molecule has 0 amide bonds. The summed E-state index contributed by atoms with van der Waals surface area (Å²) in [5.74, 6) is 0.958. The van der Waals surface area contributed by atoms with Crippen LogP contribution in [0.15, 0.2) is 16.6 Å². The third-order valence-electron chi connectivity index (χ3n) is 4.29. The number of rotatable bonds is 6. The molecule has 21 heavy (non-hydrogen) atoms. The molecule has 2 rings (SSSR count). The molecule has 0 spiro atoms. The fraction of sp³-hybridized carbons (Fsp3) is 0.647. The van der Waals surface area contributed by atoms with Gasteiger partial charge in [-0.3, -0.25) is 0 Å². The maximum atomic E-state index is 5.84. The van der Waals surface area contributed by atoms with Crippen molar-refractivity contribution >= 4 is 15.9 Å². The Hall–Kier alpha value is -0.580. The van der Waals surface area contributed by atoms with Crippen molar-refractivity contribution in [3.05, 3.63) is 27.7 Å². The van der Waals surface area contributed by atoms with Crippen LogP contribution < -0.4 is 10.1 Å². The molecule has 3 nitrogen and oxygen atoms in total. The molecule has 1 aromatic rings. The van der Waals surface area contributed by atoms with Gasteiger partial charge in [-0.2, -0.15) is 0 Å². The highest BCUT2D eigenvalue weighted by atomic mass is 79.9. The van der Waals surface area contributed by atoms with E-state index in [0.29, 0.717) is 12.1 Å². The summed E-state index contributed by atoms with van der Waals surface area (Å²) in [6.45, 7) is 3.01. The van der Waals surface area contributed by atoms with Gasteiger partial charge in [0, 0.05) is 22.7 Å². The van der Waals surface area contributed by atoms with Crippen molar-refractivity contribution in [3.8, 4) is 5.75 Å². The molecule has 0 saturated carbocycles. The number of benzene rings is 1. The van der Waals surface area contributed by atoms with E-state index in [1.54, 1.807) is 7.11 Å². The average molecular weight is 356 g/mol. The highest BCUT2D eigenvalue weighted by Gasteiger charge is 2.20. The van der Waals surface area contributed by atoms with Crippen LogP contribution in [-0.4, -0.2) is 26.9 Å². The van der Waals surface area contributed by atoms with Crippen LogP contribution >= 0.6 is 15.9 Å². The first-order valence-corrected chi connectivity index (χ1v) is 8.58. The molecule has 2 atom stereocenters. The Kier molecular flexibility index (Phi) is 6.52. The molecule has 0 aromatic heterocycles. The first-order valence-electron chi connectivity index (χ1n) is 7.78. The standard InChI is InChI=1S/C17H26BrNO2/c1-12-10-17(20-3)14(11-15(12)18)16(19-2)8-7-13-6-4-5-9-21-13/h10-11,13,16,19H,4-9H2,1-3H3. The molecule has 118 valence electrons. The van der Waals surface area contributed by atoms with E-state index in [2.05, 4.69) is 40.3 Å². The van der Waals surface area contributed by atoms with E-state index >= 15 is 0 Å². The summed E-state index contributed by atoms with van der Waals surface area (Å²) in [7, 11) is 3.75. The van der Waals surface area contributed by atoms with Crippen LogP contribution in [-0.2, 0) is 4.74 Å². The maximum Gasteiger partial charge on any atom is 0.123 e. The molecule has 1 aromatic carbocycles. The van der Waals surface area contributed by atoms with E-state index in [-0.39, 0.29) is 0 Å². The van der Waals surface area contributed by atoms with Gasteiger partial charge >= 0.3 is 0 Å². The predicted molar refractivity (Wildman–Crippen MR) is 90.1 cm³/mol. The van der Waals surface area contributed by atoms with Gasteiger partial charge in [0.15, 0.2) is 0 Å². The van der Waals surface area contributed by atoms with E-state index in [0.717, 1.165) is 29.7 Å². The number of hydrogen-bond donors (Lipinski definition) is 1.